The smallest absolute Gasteiger partial charge is 0.337 e. The molecule has 2 N–H and O–H groups in total. The molecule has 0 fully saturated rings. The predicted molar refractivity (Wildman–Crippen MR) is 53.2 cm³/mol. The number of aliphatic hydroxyl groups is 2. The monoisotopic (exact) mass is 214 g/mol. The van der Waals surface area contributed by atoms with Crippen molar-refractivity contribution < 1.29 is 24.5 Å². The van der Waals surface area contributed by atoms with Gasteiger partial charge in [-0.25, -0.2) is 4.79 Å². The summed E-state index contributed by atoms with van der Waals surface area (Å²) in [5.74, 6) is -2.18. The molecule has 15 heavy (non-hydrogen) atoms. The molecular weight excluding hydrogens is 200 g/mol. The van der Waals surface area contributed by atoms with Gasteiger partial charge in [0.25, 0.3) is 0 Å². The van der Waals surface area contributed by atoms with Crippen molar-refractivity contribution in [2.45, 2.75) is 13.3 Å². The molecule has 0 aliphatic carbocycles. The van der Waals surface area contributed by atoms with Crippen LogP contribution in [0.15, 0.2) is 24.0 Å². The molecule has 5 nitrogen and oxygen atoms in total. The maximum absolute atomic E-state index is 11.2. The summed E-state index contributed by atoms with van der Waals surface area (Å²) >= 11 is 0. The lowest BCUT2D eigenvalue weighted by molar-refractivity contribution is -0.139. The van der Waals surface area contributed by atoms with E-state index >= 15 is 0 Å². The number of allylic oxidation sites excluding steroid dienone is 1. The lowest BCUT2D eigenvalue weighted by Gasteiger charge is -2.04. The van der Waals surface area contributed by atoms with Gasteiger partial charge in [-0.2, -0.15) is 0 Å². The van der Waals surface area contributed by atoms with Gasteiger partial charge in [-0.15, -0.1) is 0 Å². The standard InChI is InChI=1S/C10H14O5/c1-3-8(12)9(13)7(2)10(14)15-6-4-5-11/h3,11,13H,1,4-6H2,2H3. The van der Waals surface area contributed by atoms with Gasteiger partial charge in [-0.05, 0) is 13.0 Å². The summed E-state index contributed by atoms with van der Waals surface area (Å²) < 4.78 is 4.66. The SMILES string of the molecule is C=CC(=O)C(O)=C(C)C(=O)OCCCO. The van der Waals surface area contributed by atoms with E-state index in [-0.39, 0.29) is 18.8 Å². The first kappa shape index (κ1) is 13.4. The van der Waals surface area contributed by atoms with E-state index in [1.165, 1.54) is 6.92 Å². The van der Waals surface area contributed by atoms with E-state index in [1.807, 2.05) is 0 Å². The third-order valence-corrected chi connectivity index (χ3v) is 1.62. The van der Waals surface area contributed by atoms with E-state index in [0.717, 1.165) is 6.08 Å². The molecule has 0 aliphatic heterocycles. The van der Waals surface area contributed by atoms with Crippen LogP contribution in [0.3, 0.4) is 0 Å². The number of hydrogen-bond donors (Lipinski definition) is 2. The maximum atomic E-state index is 11.2. The molecule has 0 atom stereocenters. The van der Waals surface area contributed by atoms with Crippen molar-refractivity contribution in [2.75, 3.05) is 13.2 Å². The molecule has 0 bridgehead atoms. The Bertz CT molecular complexity index is 290. The second-order valence-electron chi connectivity index (χ2n) is 2.76. The normalized spacial score (nSPS) is 11.6. The Morgan fingerprint density at radius 3 is 2.53 bits per heavy atom. The Balaban J connectivity index is 4.41. The van der Waals surface area contributed by atoms with Crippen LogP contribution in [-0.2, 0) is 14.3 Å². The highest BCUT2D eigenvalue weighted by Crippen LogP contribution is 2.05. The van der Waals surface area contributed by atoms with Crippen LogP contribution in [0.5, 0.6) is 0 Å². The van der Waals surface area contributed by atoms with Crippen molar-refractivity contribution in [3.8, 4) is 0 Å². The predicted octanol–water partition coefficient (Wildman–Crippen LogP) is 0.499. The van der Waals surface area contributed by atoms with Crippen molar-refractivity contribution in [1.29, 1.82) is 0 Å². The summed E-state index contributed by atoms with van der Waals surface area (Å²) in [5.41, 5.74) is -0.169. The molecule has 0 saturated carbocycles. The molecule has 0 aromatic carbocycles. The average molecular weight is 214 g/mol. The Hall–Kier alpha value is -1.62. The molecule has 0 aliphatic rings. The van der Waals surface area contributed by atoms with E-state index in [0.29, 0.717) is 6.42 Å². The van der Waals surface area contributed by atoms with Crippen molar-refractivity contribution in [3.05, 3.63) is 24.0 Å². The van der Waals surface area contributed by atoms with E-state index < -0.39 is 17.5 Å². The van der Waals surface area contributed by atoms with Crippen LogP contribution in [0, 0.1) is 0 Å². The molecule has 0 aromatic heterocycles. The van der Waals surface area contributed by atoms with Gasteiger partial charge in [0.1, 0.15) is 0 Å². The fourth-order valence-corrected chi connectivity index (χ4v) is 0.716. The highest BCUT2D eigenvalue weighted by Gasteiger charge is 2.15. The minimum atomic E-state index is -0.781. The molecule has 0 amide bonds. The van der Waals surface area contributed by atoms with E-state index in [4.69, 9.17) is 5.11 Å². The van der Waals surface area contributed by atoms with Gasteiger partial charge in [0.2, 0.25) is 5.78 Å². The Morgan fingerprint density at radius 1 is 1.47 bits per heavy atom. The second kappa shape index (κ2) is 6.78. The minimum Gasteiger partial charge on any atom is -0.504 e. The number of ether oxygens (including phenoxy) is 1. The Morgan fingerprint density at radius 2 is 2.07 bits per heavy atom. The second-order valence-corrected chi connectivity index (χ2v) is 2.76. The number of carbonyl (C=O) groups excluding carboxylic acids is 2. The van der Waals surface area contributed by atoms with Crippen LogP contribution < -0.4 is 0 Å². The van der Waals surface area contributed by atoms with E-state index in [9.17, 15) is 14.7 Å². The molecule has 0 rings (SSSR count). The molecule has 0 radical (unpaired) electrons. The van der Waals surface area contributed by atoms with E-state index in [1.54, 1.807) is 0 Å². The summed E-state index contributed by atoms with van der Waals surface area (Å²) in [6.07, 6.45) is 1.22. The van der Waals surface area contributed by atoms with Crippen molar-refractivity contribution >= 4 is 11.8 Å². The molecule has 5 heteroatoms. The summed E-state index contributed by atoms with van der Waals surface area (Å²) in [5, 5.41) is 17.7. The lowest BCUT2D eigenvalue weighted by Crippen LogP contribution is -2.12. The van der Waals surface area contributed by atoms with Crippen molar-refractivity contribution in [1.82, 2.24) is 0 Å². The van der Waals surface area contributed by atoms with Gasteiger partial charge < -0.3 is 14.9 Å². The minimum absolute atomic E-state index is 0.0439. The van der Waals surface area contributed by atoms with Gasteiger partial charge in [0.15, 0.2) is 5.76 Å². The molecular formula is C10H14O5. The number of aliphatic hydroxyl groups excluding tert-OH is 2. The average Bonchev–Trinajstić information content (AvgIpc) is 2.26. The number of hydrogen-bond acceptors (Lipinski definition) is 5. The van der Waals surface area contributed by atoms with Gasteiger partial charge in [-0.1, -0.05) is 6.58 Å². The molecule has 0 spiro atoms. The number of carbonyl (C=O) groups is 2. The molecule has 0 heterocycles. The van der Waals surface area contributed by atoms with Crippen LogP contribution in [0.25, 0.3) is 0 Å². The Kier molecular flexibility index (Phi) is 6.05. The first-order valence-electron chi connectivity index (χ1n) is 4.39. The van der Waals surface area contributed by atoms with Crippen molar-refractivity contribution in [2.24, 2.45) is 0 Å². The summed E-state index contributed by atoms with van der Waals surface area (Å²) in [6.45, 7) is 4.40. The third kappa shape index (κ3) is 4.42. The summed E-state index contributed by atoms with van der Waals surface area (Å²) in [7, 11) is 0. The zero-order chi connectivity index (χ0) is 11.8. The van der Waals surface area contributed by atoms with E-state index in [2.05, 4.69) is 11.3 Å². The van der Waals surface area contributed by atoms with Gasteiger partial charge >= 0.3 is 5.97 Å². The highest BCUT2D eigenvalue weighted by atomic mass is 16.5. The number of esters is 1. The van der Waals surface area contributed by atoms with Crippen LogP contribution in [0.1, 0.15) is 13.3 Å². The molecule has 0 unspecified atom stereocenters. The largest absolute Gasteiger partial charge is 0.504 e. The van der Waals surface area contributed by atoms with Crippen LogP contribution in [0.2, 0.25) is 0 Å². The highest BCUT2D eigenvalue weighted by molar-refractivity contribution is 6.07. The van der Waals surface area contributed by atoms with Crippen LogP contribution in [-0.4, -0.2) is 35.2 Å². The van der Waals surface area contributed by atoms with Crippen molar-refractivity contribution in [3.63, 3.8) is 0 Å². The summed E-state index contributed by atoms with van der Waals surface area (Å²) in [6, 6.07) is 0. The molecule has 84 valence electrons. The summed E-state index contributed by atoms with van der Waals surface area (Å²) in [4.78, 5) is 22.1. The number of ketones is 1. The first-order valence-corrected chi connectivity index (χ1v) is 4.39. The zero-order valence-corrected chi connectivity index (χ0v) is 8.52. The molecule has 0 saturated heterocycles. The molecule has 0 aromatic rings. The van der Waals surface area contributed by atoms with Gasteiger partial charge in [-0.3, -0.25) is 4.79 Å². The fourth-order valence-electron chi connectivity index (χ4n) is 0.716. The third-order valence-electron chi connectivity index (χ3n) is 1.62. The number of rotatable bonds is 6. The van der Waals surface area contributed by atoms with Gasteiger partial charge in [0, 0.05) is 13.0 Å². The maximum Gasteiger partial charge on any atom is 0.337 e. The van der Waals surface area contributed by atoms with Gasteiger partial charge in [0.05, 0.1) is 12.2 Å². The quantitative estimate of drug-likeness (QED) is 0.291. The topological polar surface area (TPSA) is 83.8 Å². The van der Waals surface area contributed by atoms with Crippen LogP contribution in [0.4, 0.5) is 0 Å². The first-order chi connectivity index (χ1) is 7.04. The van der Waals surface area contributed by atoms with Crippen LogP contribution >= 0.6 is 0 Å². The lowest BCUT2D eigenvalue weighted by atomic mass is 10.2. The Labute approximate surface area is 87.7 Å². The zero-order valence-electron chi connectivity index (χ0n) is 8.52. The fraction of sp³-hybridized carbons (Fsp3) is 0.400.